The Labute approximate surface area is 278 Å². The molecule has 8 aromatic rings. The van der Waals surface area contributed by atoms with E-state index >= 15 is 0 Å². The molecule has 0 spiro atoms. The Balaban J connectivity index is 0.000000154. The van der Waals surface area contributed by atoms with Crippen LogP contribution in [0.2, 0.25) is 0 Å². The molecule has 0 aliphatic rings. The Hall–Kier alpha value is -7.10. The minimum absolute atomic E-state index is 0.216. The van der Waals surface area contributed by atoms with Gasteiger partial charge in [0.2, 0.25) is 0 Å². The molecule has 242 valence electrons. The zero-order chi connectivity index (χ0) is 33.7. The lowest BCUT2D eigenvalue weighted by molar-refractivity contribution is 0.414. The molecule has 16 heteroatoms. The topological polar surface area (TPSA) is 220 Å². The van der Waals surface area contributed by atoms with E-state index in [1.54, 1.807) is 78.1 Å². The van der Waals surface area contributed by atoms with Crippen molar-refractivity contribution in [2.75, 3.05) is 18.6 Å². The molecule has 0 radical (unpaired) electrons. The van der Waals surface area contributed by atoms with Gasteiger partial charge in [0.25, 0.3) is 0 Å². The number of ether oxygens (including phenoxy) is 1. The molecule has 6 heterocycles. The minimum Gasteiger partial charge on any atom is -0.508 e. The number of anilines is 2. The summed E-state index contributed by atoms with van der Waals surface area (Å²) in [6.07, 6.45) is 13.1. The van der Waals surface area contributed by atoms with Crippen molar-refractivity contribution in [3.05, 3.63) is 109 Å². The monoisotopic (exact) mass is 652 g/mol. The van der Waals surface area contributed by atoms with Gasteiger partial charge in [0.05, 0.1) is 43.4 Å². The maximum Gasteiger partial charge on any atom is 0.187 e. The molecule has 0 saturated heterocycles. The second-order valence-corrected chi connectivity index (χ2v) is 10.7. The summed E-state index contributed by atoms with van der Waals surface area (Å²) >= 11 is 0. The van der Waals surface area contributed by atoms with E-state index in [0.717, 1.165) is 16.9 Å². The number of nitrogens with two attached hydrogens (primary N) is 2. The van der Waals surface area contributed by atoms with Crippen LogP contribution < -0.4 is 16.2 Å². The molecular formula is C33H28N14O2. The lowest BCUT2D eigenvalue weighted by atomic mass is 10.2. The number of nitrogen functional groups attached to an aromatic ring is 2. The lowest BCUT2D eigenvalue weighted by Crippen LogP contribution is -2.00. The molecule has 0 fully saturated rings. The first-order valence-electron chi connectivity index (χ1n) is 14.9. The van der Waals surface area contributed by atoms with Gasteiger partial charge in [-0.3, -0.25) is 19.3 Å². The van der Waals surface area contributed by atoms with Crippen LogP contribution in [0, 0.1) is 0 Å². The summed E-state index contributed by atoms with van der Waals surface area (Å²) in [6.45, 7) is 1.07. The van der Waals surface area contributed by atoms with Gasteiger partial charge in [-0.05, 0) is 35.4 Å². The van der Waals surface area contributed by atoms with Gasteiger partial charge in [0, 0.05) is 37.2 Å². The number of methoxy groups -OCH3 is 1. The fourth-order valence-electron chi connectivity index (χ4n) is 4.97. The molecule has 0 atom stereocenters. The van der Waals surface area contributed by atoms with Crippen molar-refractivity contribution in [3.63, 3.8) is 0 Å². The highest BCUT2D eigenvalue weighted by Gasteiger charge is 2.14. The first-order valence-corrected chi connectivity index (χ1v) is 14.9. The fraction of sp³-hybridized carbons (Fsp3) is 0.0909. The third-order valence-electron chi connectivity index (χ3n) is 7.23. The summed E-state index contributed by atoms with van der Waals surface area (Å²) in [5, 5.41) is 19.9. The average molecular weight is 653 g/mol. The summed E-state index contributed by atoms with van der Waals surface area (Å²) < 4.78 is 8.75. The third-order valence-corrected chi connectivity index (χ3v) is 7.23. The van der Waals surface area contributed by atoms with Gasteiger partial charge < -0.3 is 21.3 Å². The molecule has 0 amide bonds. The number of hydrogen-bond acceptors (Lipinski definition) is 14. The maximum atomic E-state index is 9.55. The zero-order valence-corrected chi connectivity index (χ0v) is 26.0. The van der Waals surface area contributed by atoms with Crippen LogP contribution in [0.15, 0.2) is 98.1 Å². The van der Waals surface area contributed by atoms with Crippen molar-refractivity contribution in [3.8, 4) is 34.5 Å². The number of benzene rings is 2. The second-order valence-electron chi connectivity index (χ2n) is 10.7. The molecule has 8 rings (SSSR count). The number of hydrogen-bond donors (Lipinski definition) is 3. The van der Waals surface area contributed by atoms with Crippen molar-refractivity contribution in [2.24, 2.45) is 0 Å². The predicted octanol–water partition coefficient (Wildman–Crippen LogP) is 3.54. The highest BCUT2D eigenvalue weighted by atomic mass is 16.5. The van der Waals surface area contributed by atoms with Gasteiger partial charge in [-0.15, -0.1) is 0 Å². The molecule has 0 aliphatic heterocycles. The molecule has 2 aromatic carbocycles. The number of nitrogens with zero attached hydrogens (tertiary/aromatic N) is 12. The zero-order valence-electron chi connectivity index (χ0n) is 26.0. The van der Waals surface area contributed by atoms with Crippen LogP contribution in [0.3, 0.4) is 0 Å². The number of phenols is 1. The molecule has 5 N–H and O–H groups in total. The summed E-state index contributed by atoms with van der Waals surface area (Å²) in [7, 11) is 1.64. The van der Waals surface area contributed by atoms with Crippen molar-refractivity contribution >= 4 is 33.7 Å². The molecule has 16 nitrogen and oxygen atoms in total. The Morgan fingerprint density at radius 2 is 1.20 bits per heavy atom. The van der Waals surface area contributed by atoms with Gasteiger partial charge in [0.15, 0.2) is 22.9 Å². The van der Waals surface area contributed by atoms with E-state index in [0.29, 0.717) is 69.8 Å². The van der Waals surface area contributed by atoms with Crippen molar-refractivity contribution < 1.29 is 9.84 Å². The molecule has 0 bridgehead atoms. The van der Waals surface area contributed by atoms with E-state index < -0.39 is 0 Å². The van der Waals surface area contributed by atoms with E-state index in [4.69, 9.17) is 16.2 Å². The van der Waals surface area contributed by atoms with Gasteiger partial charge in [0.1, 0.15) is 34.5 Å². The summed E-state index contributed by atoms with van der Waals surface area (Å²) in [6, 6.07) is 14.8. The fourth-order valence-corrected chi connectivity index (χ4v) is 4.97. The average Bonchev–Trinajstić information content (AvgIpc) is 3.73. The number of rotatable bonds is 7. The normalized spacial score (nSPS) is 11.0. The Kier molecular flexibility index (Phi) is 8.31. The first kappa shape index (κ1) is 30.5. The molecule has 0 saturated carbocycles. The van der Waals surface area contributed by atoms with Gasteiger partial charge >= 0.3 is 0 Å². The van der Waals surface area contributed by atoms with Crippen LogP contribution in [-0.4, -0.2) is 71.6 Å². The highest BCUT2D eigenvalue weighted by molar-refractivity contribution is 5.87. The minimum atomic E-state index is 0.216. The second kappa shape index (κ2) is 13.3. The number of phenolic OH excluding ortho intramolecular Hbond substituents is 1. The van der Waals surface area contributed by atoms with E-state index in [9.17, 15) is 5.11 Å². The van der Waals surface area contributed by atoms with Gasteiger partial charge in [-0.1, -0.05) is 24.3 Å². The SMILES string of the molecule is COc1cccc(Cn2cc3c(N)nc(-c4cnccn4)nc3n2)c1.Nc1nc(-c2cnccn2)nc2nn(Cc3cccc(O)c3)cc12. The maximum absolute atomic E-state index is 9.55. The quantitative estimate of drug-likeness (QED) is 0.224. The van der Waals surface area contributed by atoms with Crippen LogP contribution in [0.4, 0.5) is 11.6 Å². The van der Waals surface area contributed by atoms with E-state index in [2.05, 4.69) is 50.1 Å². The van der Waals surface area contributed by atoms with Crippen LogP contribution in [0.25, 0.3) is 45.1 Å². The van der Waals surface area contributed by atoms with Crippen LogP contribution in [0.1, 0.15) is 11.1 Å². The largest absolute Gasteiger partial charge is 0.508 e. The molecule has 0 unspecified atom stereocenters. The Bertz CT molecular complexity index is 2380. The molecular weight excluding hydrogens is 624 g/mol. The van der Waals surface area contributed by atoms with Crippen molar-refractivity contribution in [2.45, 2.75) is 13.1 Å². The number of aromatic nitrogens is 12. The van der Waals surface area contributed by atoms with E-state index in [1.165, 1.54) is 0 Å². The van der Waals surface area contributed by atoms with Crippen molar-refractivity contribution in [1.82, 2.24) is 59.4 Å². The van der Waals surface area contributed by atoms with Crippen LogP contribution in [-0.2, 0) is 13.1 Å². The number of aromatic hydroxyl groups is 1. The smallest absolute Gasteiger partial charge is 0.187 e. The first-order chi connectivity index (χ1) is 23.9. The van der Waals surface area contributed by atoms with Gasteiger partial charge in [-0.25, -0.2) is 29.9 Å². The van der Waals surface area contributed by atoms with Crippen LogP contribution >= 0.6 is 0 Å². The highest BCUT2D eigenvalue weighted by Crippen LogP contribution is 2.23. The molecule has 6 aromatic heterocycles. The molecule has 49 heavy (non-hydrogen) atoms. The Morgan fingerprint density at radius 1 is 0.673 bits per heavy atom. The van der Waals surface area contributed by atoms with Crippen LogP contribution in [0.5, 0.6) is 11.5 Å². The standard InChI is InChI=1S/C17H15N7O.C16H13N7O/c1-25-12-4-2-3-11(7-12)9-24-10-13-15(18)21-17(22-16(13)23-24)14-8-19-5-6-20-14;17-14-12-9-23(8-10-2-1-3-11(24)6-10)22-15(12)21-16(20-14)13-7-18-4-5-19-13/h2-8,10H,9H2,1H3,(H2,18,21,22,23);1-7,9,24H,8H2,(H2,17,20,21,22). The van der Waals surface area contributed by atoms with E-state index in [1.807, 2.05) is 36.5 Å². The number of fused-ring (bicyclic) bond motifs is 2. The Morgan fingerprint density at radius 3 is 1.69 bits per heavy atom. The van der Waals surface area contributed by atoms with Crippen molar-refractivity contribution in [1.29, 1.82) is 0 Å². The third kappa shape index (κ3) is 6.87. The summed E-state index contributed by atoms with van der Waals surface area (Å²) in [5.74, 6) is 2.51. The van der Waals surface area contributed by atoms with Gasteiger partial charge in [-0.2, -0.15) is 10.2 Å². The predicted molar refractivity (Wildman–Crippen MR) is 181 cm³/mol. The van der Waals surface area contributed by atoms with E-state index in [-0.39, 0.29) is 5.75 Å². The lowest BCUT2D eigenvalue weighted by Gasteiger charge is -2.04. The summed E-state index contributed by atoms with van der Waals surface area (Å²) in [4.78, 5) is 33.9. The molecule has 0 aliphatic carbocycles. The summed E-state index contributed by atoms with van der Waals surface area (Å²) in [5.41, 5.74) is 16.2.